The van der Waals surface area contributed by atoms with E-state index in [4.69, 9.17) is 4.98 Å². The van der Waals surface area contributed by atoms with Crippen molar-refractivity contribution in [3.63, 3.8) is 0 Å². The molecule has 2 aromatic carbocycles. The molecule has 1 fully saturated rings. The SMILES string of the molecule is Fc1ccccc1CNc1cc(-c2ccccc2)nc(NC2CCCC2)n1. The van der Waals surface area contributed by atoms with Crippen molar-refractivity contribution in [3.8, 4) is 11.3 Å². The van der Waals surface area contributed by atoms with Gasteiger partial charge >= 0.3 is 0 Å². The average Bonchev–Trinajstić information content (AvgIpc) is 3.21. The van der Waals surface area contributed by atoms with Gasteiger partial charge in [-0.1, -0.05) is 61.4 Å². The van der Waals surface area contributed by atoms with Crippen molar-refractivity contribution < 1.29 is 4.39 Å². The van der Waals surface area contributed by atoms with Crippen LogP contribution >= 0.6 is 0 Å². The Morgan fingerprint density at radius 1 is 0.926 bits per heavy atom. The van der Waals surface area contributed by atoms with Gasteiger partial charge in [0.2, 0.25) is 5.95 Å². The van der Waals surface area contributed by atoms with E-state index in [1.807, 2.05) is 42.5 Å². The summed E-state index contributed by atoms with van der Waals surface area (Å²) in [5, 5.41) is 6.71. The van der Waals surface area contributed by atoms with Crippen LogP contribution in [0.5, 0.6) is 0 Å². The molecule has 5 heteroatoms. The minimum Gasteiger partial charge on any atom is -0.366 e. The third kappa shape index (κ3) is 4.42. The number of rotatable bonds is 6. The van der Waals surface area contributed by atoms with Gasteiger partial charge in [-0.3, -0.25) is 0 Å². The molecule has 1 saturated carbocycles. The number of hydrogen-bond donors (Lipinski definition) is 2. The highest BCUT2D eigenvalue weighted by molar-refractivity contribution is 5.64. The van der Waals surface area contributed by atoms with Crippen LogP contribution in [0.1, 0.15) is 31.2 Å². The van der Waals surface area contributed by atoms with E-state index in [9.17, 15) is 4.39 Å². The lowest BCUT2D eigenvalue weighted by Crippen LogP contribution is -2.17. The summed E-state index contributed by atoms with van der Waals surface area (Å²) in [5.74, 6) is 1.10. The molecule has 2 N–H and O–H groups in total. The fourth-order valence-electron chi connectivity index (χ4n) is 3.44. The second kappa shape index (κ2) is 8.16. The van der Waals surface area contributed by atoms with Crippen LogP contribution in [0.2, 0.25) is 0 Å². The minimum absolute atomic E-state index is 0.216. The zero-order valence-corrected chi connectivity index (χ0v) is 15.2. The van der Waals surface area contributed by atoms with E-state index in [1.54, 1.807) is 12.1 Å². The first kappa shape index (κ1) is 17.5. The molecular weight excluding hydrogens is 339 g/mol. The van der Waals surface area contributed by atoms with Crippen LogP contribution in [0.15, 0.2) is 60.7 Å². The van der Waals surface area contributed by atoms with E-state index >= 15 is 0 Å². The quantitative estimate of drug-likeness (QED) is 0.629. The Labute approximate surface area is 158 Å². The molecule has 27 heavy (non-hydrogen) atoms. The van der Waals surface area contributed by atoms with Crippen molar-refractivity contribution in [2.24, 2.45) is 0 Å². The smallest absolute Gasteiger partial charge is 0.225 e. The highest BCUT2D eigenvalue weighted by Crippen LogP contribution is 2.25. The monoisotopic (exact) mass is 362 g/mol. The normalized spacial score (nSPS) is 14.3. The zero-order chi connectivity index (χ0) is 18.5. The first-order valence-electron chi connectivity index (χ1n) is 9.46. The fourth-order valence-corrected chi connectivity index (χ4v) is 3.44. The molecule has 0 unspecified atom stereocenters. The standard InChI is InChI=1S/C22H23FN4/c23-19-13-7-4-10-17(19)15-24-21-14-20(16-8-2-1-3-9-16)26-22(27-21)25-18-11-5-6-12-18/h1-4,7-10,13-14,18H,5-6,11-12,15H2,(H2,24,25,26,27). The molecule has 1 heterocycles. The van der Waals surface area contributed by atoms with Crippen LogP contribution in [0.25, 0.3) is 11.3 Å². The Balaban J connectivity index is 1.59. The van der Waals surface area contributed by atoms with Crippen molar-refractivity contribution in [2.75, 3.05) is 10.6 Å². The lowest BCUT2D eigenvalue weighted by Gasteiger charge is -2.15. The van der Waals surface area contributed by atoms with E-state index in [1.165, 1.54) is 18.9 Å². The zero-order valence-electron chi connectivity index (χ0n) is 15.2. The topological polar surface area (TPSA) is 49.8 Å². The van der Waals surface area contributed by atoms with Crippen LogP contribution in [-0.2, 0) is 6.54 Å². The number of nitrogens with zero attached hydrogens (tertiary/aromatic N) is 2. The van der Waals surface area contributed by atoms with Crippen molar-refractivity contribution in [3.05, 3.63) is 72.0 Å². The molecule has 0 saturated heterocycles. The van der Waals surface area contributed by atoms with Gasteiger partial charge in [0.1, 0.15) is 11.6 Å². The van der Waals surface area contributed by atoms with Gasteiger partial charge in [0.15, 0.2) is 0 Å². The van der Waals surface area contributed by atoms with E-state index < -0.39 is 0 Å². The fraction of sp³-hybridized carbons (Fsp3) is 0.273. The summed E-state index contributed by atoms with van der Waals surface area (Å²) in [6.07, 6.45) is 4.79. The molecular formula is C22H23FN4. The number of hydrogen-bond acceptors (Lipinski definition) is 4. The van der Waals surface area contributed by atoms with E-state index in [2.05, 4.69) is 15.6 Å². The second-order valence-electron chi connectivity index (χ2n) is 6.90. The van der Waals surface area contributed by atoms with Crippen molar-refractivity contribution >= 4 is 11.8 Å². The Kier molecular flexibility index (Phi) is 5.28. The lowest BCUT2D eigenvalue weighted by molar-refractivity contribution is 0.613. The van der Waals surface area contributed by atoms with Gasteiger partial charge in [-0.25, -0.2) is 9.37 Å². The molecule has 1 aromatic heterocycles. The van der Waals surface area contributed by atoms with Crippen LogP contribution in [0.4, 0.5) is 16.2 Å². The Morgan fingerprint density at radius 3 is 2.44 bits per heavy atom. The van der Waals surface area contributed by atoms with E-state index in [0.29, 0.717) is 29.9 Å². The van der Waals surface area contributed by atoms with Gasteiger partial charge in [-0.2, -0.15) is 4.98 Å². The molecule has 4 nitrogen and oxygen atoms in total. The number of anilines is 2. The average molecular weight is 362 g/mol. The molecule has 0 spiro atoms. The Morgan fingerprint density at radius 2 is 1.67 bits per heavy atom. The van der Waals surface area contributed by atoms with E-state index in [0.717, 1.165) is 24.1 Å². The van der Waals surface area contributed by atoms with Gasteiger partial charge in [-0.15, -0.1) is 0 Å². The lowest BCUT2D eigenvalue weighted by atomic mass is 10.1. The first-order valence-corrected chi connectivity index (χ1v) is 9.46. The van der Waals surface area contributed by atoms with Crippen molar-refractivity contribution in [1.29, 1.82) is 0 Å². The molecule has 0 atom stereocenters. The van der Waals surface area contributed by atoms with Gasteiger partial charge < -0.3 is 10.6 Å². The van der Waals surface area contributed by atoms with Crippen LogP contribution < -0.4 is 10.6 Å². The highest BCUT2D eigenvalue weighted by Gasteiger charge is 2.16. The van der Waals surface area contributed by atoms with Crippen LogP contribution in [0, 0.1) is 5.82 Å². The maximum atomic E-state index is 13.9. The summed E-state index contributed by atoms with van der Waals surface area (Å²) in [6.45, 7) is 0.376. The molecule has 0 aliphatic heterocycles. The summed E-state index contributed by atoms with van der Waals surface area (Å²) in [6, 6.07) is 19.2. The van der Waals surface area contributed by atoms with Crippen molar-refractivity contribution in [2.45, 2.75) is 38.3 Å². The second-order valence-corrected chi connectivity index (χ2v) is 6.90. The predicted molar refractivity (Wildman–Crippen MR) is 107 cm³/mol. The third-order valence-corrected chi connectivity index (χ3v) is 4.90. The molecule has 138 valence electrons. The molecule has 0 bridgehead atoms. The minimum atomic E-state index is -0.216. The Hall–Kier alpha value is -2.95. The third-order valence-electron chi connectivity index (χ3n) is 4.90. The summed E-state index contributed by atoms with van der Waals surface area (Å²) in [4.78, 5) is 9.31. The van der Waals surface area contributed by atoms with E-state index in [-0.39, 0.29) is 5.82 Å². The number of nitrogens with one attached hydrogen (secondary N) is 2. The van der Waals surface area contributed by atoms with Gasteiger partial charge in [0.05, 0.1) is 5.69 Å². The van der Waals surface area contributed by atoms with Crippen LogP contribution in [-0.4, -0.2) is 16.0 Å². The first-order chi connectivity index (χ1) is 13.3. The Bertz CT molecular complexity index is 892. The van der Waals surface area contributed by atoms with Gasteiger partial charge in [-0.05, 0) is 18.9 Å². The molecule has 0 radical (unpaired) electrons. The molecule has 1 aliphatic carbocycles. The van der Waals surface area contributed by atoms with Gasteiger partial charge in [0, 0.05) is 29.8 Å². The number of halogens is 1. The van der Waals surface area contributed by atoms with Crippen molar-refractivity contribution in [1.82, 2.24) is 9.97 Å². The summed E-state index contributed by atoms with van der Waals surface area (Å²) < 4.78 is 13.9. The van der Waals surface area contributed by atoms with Crippen LogP contribution in [0.3, 0.4) is 0 Å². The molecule has 0 amide bonds. The highest BCUT2D eigenvalue weighted by atomic mass is 19.1. The molecule has 3 aromatic rings. The maximum absolute atomic E-state index is 13.9. The largest absolute Gasteiger partial charge is 0.366 e. The molecule has 4 rings (SSSR count). The summed E-state index contributed by atoms with van der Waals surface area (Å²) >= 11 is 0. The summed E-state index contributed by atoms with van der Waals surface area (Å²) in [7, 11) is 0. The van der Waals surface area contributed by atoms with Gasteiger partial charge in [0.25, 0.3) is 0 Å². The predicted octanol–water partition coefficient (Wildman–Crippen LogP) is 5.25. The maximum Gasteiger partial charge on any atom is 0.225 e. The number of aromatic nitrogens is 2. The number of benzene rings is 2. The molecule has 1 aliphatic rings. The summed E-state index contributed by atoms with van der Waals surface area (Å²) in [5.41, 5.74) is 2.49.